The topological polar surface area (TPSA) is 38.3 Å². The molecular formula is C13H13NO2. The number of carbonyl (C=O) groups excluding carboxylic acids is 1. The molecule has 0 radical (unpaired) electrons. The molecule has 0 fully saturated rings. The van der Waals surface area contributed by atoms with Crippen molar-refractivity contribution in [3.8, 4) is 0 Å². The van der Waals surface area contributed by atoms with Crippen LogP contribution in [0, 0.1) is 0 Å². The molecule has 0 aliphatic carbocycles. The number of hydrogen-bond donors (Lipinski definition) is 1. The monoisotopic (exact) mass is 215 g/mol. The summed E-state index contributed by atoms with van der Waals surface area (Å²) in [5, 5.41) is 2.17. The summed E-state index contributed by atoms with van der Waals surface area (Å²) in [6, 6.07) is 13.5. The van der Waals surface area contributed by atoms with Crippen molar-refractivity contribution in [1.29, 1.82) is 0 Å². The Kier molecular flexibility index (Phi) is 3.17. The SMILES string of the molecule is CCONC(=O)c1ccc2ccccc2c1. The molecule has 3 heteroatoms. The van der Waals surface area contributed by atoms with Crippen LogP contribution in [-0.4, -0.2) is 12.5 Å². The molecule has 0 aromatic heterocycles. The van der Waals surface area contributed by atoms with Crippen molar-refractivity contribution in [3.05, 3.63) is 48.0 Å². The molecule has 0 spiro atoms. The summed E-state index contributed by atoms with van der Waals surface area (Å²) in [7, 11) is 0. The van der Waals surface area contributed by atoms with Crippen LogP contribution >= 0.6 is 0 Å². The fourth-order valence-corrected chi connectivity index (χ4v) is 1.53. The second kappa shape index (κ2) is 4.77. The van der Waals surface area contributed by atoms with Crippen molar-refractivity contribution >= 4 is 16.7 Å². The molecule has 1 N–H and O–H groups in total. The summed E-state index contributed by atoms with van der Waals surface area (Å²) in [4.78, 5) is 16.5. The fraction of sp³-hybridized carbons (Fsp3) is 0.154. The smallest absolute Gasteiger partial charge is 0.274 e. The number of fused-ring (bicyclic) bond motifs is 1. The Morgan fingerprint density at radius 3 is 2.69 bits per heavy atom. The van der Waals surface area contributed by atoms with Gasteiger partial charge in [0, 0.05) is 5.56 Å². The first kappa shape index (κ1) is 10.6. The molecular weight excluding hydrogens is 202 g/mol. The first-order chi connectivity index (χ1) is 7.81. The van der Waals surface area contributed by atoms with Gasteiger partial charge in [0.15, 0.2) is 0 Å². The van der Waals surface area contributed by atoms with Crippen LogP contribution in [-0.2, 0) is 4.84 Å². The lowest BCUT2D eigenvalue weighted by Gasteiger charge is -2.04. The van der Waals surface area contributed by atoms with Crippen molar-refractivity contribution < 1.29 is 9.63 Å². The molecule has 2 aromatic rings. The average molecular weight is 215 g/mol. The highest BCUT2D eigenvalue weighted by Gasteiger charge is 2.05. The Balaban J connectivity index is 2.28. The van der Waals surface area contributed by atoms with Gasteiger partial charge in [-0.3, -0.25) is 9.63 Å². The summed E-state index contributed by atoms with van der Waals surface area (Å²) < 4.78 is 0. The van der Waals surface area contributed by atoms with Gasteiger partial charge in [-0.05, 0) is 29.8 Å². The van der Waals surface area contributed by atoms with Gasteiger partial charge in [-0.2, -0.15) is 0 Å². The van der Waals surface area contributed by atoms with Gasteiger partial charge in [0.05, 0.1) is 6.61 Å². The molecule has 2 aromatic carbocycles. The van der Waals surface area contributed by atoms with Crippen LogP contribution in [0.15, 0.2) is 42.5 Å². The third-order valence-corrected chi connectivity index (χ3v) is 2.32. The van der Waals surface area contributed by atoms with Crippen LogP contribution in [0.25, 0.3) is 10.8 Å². The van der Waals surface area contributed by atoms with Crippen LogP contribution in [0.4, 0.5) is 0 Å². The predicted octanol–water partition coefficient (Wildman–Crippen LogP) is 2.52. The van der Waals surface area contributed by atoms with E-state index in [1.54, 1.807) is 6.07 Å². The second-order valence-corrected chi connectivity index (χ2v) is 3.43. The summed E-state index contributed by atoms with van der Waals surface area (Å²) >= 11 is 0. The molecule has 0 aliphatic heterocycles. The van der Waals surface area contributed by atoms with E-state index in [-0.39, 0.29) is 5.91 Å². The zero-order valence-electron chi connectivity index (χ0n) is 9.07. The van der Waals surface area contributed by atoms with E-state index < -0.39 is 0 Å². The number of carbonyl (C=O) groups is 1. The lowest BCUT2D eigenvalue weighted by Crippen LogP contribution is -2.23. The molecule has 0 unspecified atom stereocenters. The number of rotatable bonds is 3. The molecule has 0 saturated carbocycles. The first-order valence-electron chi connectivity index (χ1n) is 5.22. The Bertz CT molecular complexity index is 508. The number of benzene rings is 2. The predicted molar refractivity (Wildman–Crippen MR) is 63.0 cm³/mol. The molecule has 0 bridgehead atoms. The highest BCUT2D eigenvalue weighted by atomic mass is 16.6. The molecule has 2 rings (SSSR count). The number of nitrogens with one attached hydrogen (secondary N) is 1. The van der Waals surface area contributed by atoms with Gasteiger partial charge in [-0.15, -0.1) is 0 Å². The third kappa shape index (κ3) is 2.20. The molecule has 1 amide bonds. The quantitative estimate of drug-likeness (QED) is 0.799. The maximum absolute atomic E-state index is 11.6. The maximum Gasteiger partial charge on any atom is 0.274 e. The number of hydrogen-bond acceptors (Lipinski definition) is 2. The standard InChI is InChI=1S/C13H13NO2/c1-2-16-14-13(15)12-8-7-10-5-3-4-6-11(10)9-12/h3-9H,2H2,1H3,(H,14,15). The van der Waals surface area contributed by atoms with Crippen LogP contribution in [0.1, 0.15) is 17.3 Å². The molecule has 0 heterocycles. The summed E-state index contributed by atoms with van der Waals surface area (Å²) in [5.41, 5.74) is 2.98. The van der Waals surface area contributed by atoms with Gasteiger partial charge < -0.3 is 0 Å². The Morgan fingerprint density at radius 2 is 1.94 bits per heavy atom. The minimum absolute atomic E-state index is 0.215. The normalized spacial score (nSPS) is 10.3. The van der Waals surface area contributed by atoms with E-state index in [1.807, 2.05) is 43.3 Å². The summed E-state index contributed by atoms with van der Waals surface area (Å²) in [6.45, 7) is 2.28. The van der Waals surface area contributed by atoms with E-state index in [4.69, 9.17) is 4.84 Å². The minimum Gasteiger partial charge on any atom is -0.274 e. The zero-order valence-corrected chi connectivity index (χ0v) is 9.07. The van der Waals surface area contributed by atoms with Crippen LogP contribution in [0.2, 0.25) is 0 Å². The van der Waals surface area contributed by atoms with Gasteiger partial charge in [0.2, 0.25) is 0 Å². The van der Waals surface area contributed by atoms with Gasteiger partial charge >= 0.3 is 0 Å². The fourth-order valence-electron chi connectivity index (χ4n) is 1.53. The van der Waals surface area contributed by atoms with Crippen LogP contribution in [0.3, 0.4) is 0 Å². The highest BCUT2D eigenvalue weighted by Crippen LogP contribution is 2.15. The van der Waals surface area contributed by atoms with E-state index >= 15 is 0 Å². The van der Waals surface area contributed by atoms with Crippen molar-refractivity contribution in [1.82, 2.24) is 5.48 Å². The molecule has 3 nitrogen and oxygen atoms in total. The molecule has 16 heavy (non-hydrogen) atoms. The van der Waals surface area contributed by atoms with E-state index in [9.17, 15) is 4.79 Å². The van der Waals surface area contributed by atoms with E-state index in [0.717, 1.165) is 10.8 Å². The van der Waals surface area contributed by atoms with Crippen molar-refractivity contribution in [2.45, 2.75) is 6.92 Å². The maximum atomic E-state index is 11.6. The van der Waals surface area contributed by atoms with Crippen LogP contribution < -0.4 is 5.48 Å². The number of hydroxylamine groups is 1. The lowest BCUT2D eigenvalue weighted by atomic mass is 10.1. The van der Waals surface area contributed by atoms with Crippen LogP contribution in [0.5, 0.6) is 0 Å². The van der Waals surface area contributed by atoms with Gasteiger partial charge in [0.25, 0.3) is 5.91 Å². The highest BCUT2D eigenvalue weighted by molar-refractivity contribution is 5.98. The Labute approximate surface area is 94.0 Å². The van der Waals surface area contributed by atoms with Gasteiger partial charge in [0.1, 0.15) is 0 Å². The van der Waals surface area contributed by atoms with E-state index in [0.29, 0.717) is 12.2 Å². The third-order valence-electron chi connectivity index (χ3n) is 2.32. The Hall–Kier alpha value is -1.87. The molecule has 0 saturated heterocycles. The molecule has 82 valence electrons. The molecule has 0 atom stereocenters. The Morgan fingerprint density at radius 1 is 1.19 bits per heavy atom. The van der Waals surface area contributed by atoms with E-state index in [1.165, 1.54) is 0 Å². The molecule has 0 aliphatic rings. The zero-order chi connectivity index (χ0) is 11.4. The van der Waals surface area contributed by atoms with E-state index in [2.05, 4.69) is 5.48 Å². The van der Waals surface area contributed by atoms with Crippen molar-refractivity contribution in [2.75, 3.05) is 6.61 Å². The number of amides is 1. The minimum atomic E-state index is -0.215. The van der Waals surface area contributed by atoms with Crippen molar-refractivity contribution in [3.63, 3.8) is 0 Å². The summed E-state index contributed by atoms with van der Waals surface area (Å²) in [6.07, 6.45) is 0. The average Bonchev–Trinajstić information content (AvgIpc) is 2.35. The van der Waals surface area contributed by atoms with Gasteiger partial charge in [-0.1, -0.05) is 30.3 Å². The second-order valence-electron chi connectivity index (χ2n) is 3.43. The van der Waals surface area contributed by atoms with Crippen molar-refractivity contribution in [2.24, 2.45) is 0 Å². The summed E-state index contributed by atoms with van der Waals surface area (Å²) in [5.74, 6) is -0.215. The lowest BCUT2D eigenvalue weighted by molar-refractivity contribution is 0.0364. The largest absolute Gasteiger partial charge is 0.274 e. The van der Waals surface area contributed by atoms with Gasteiger partial charge in [-0.25, -0.2) is 5.48 Å². The first-order valence-corrected chi connectivity index (χ1v) is 5.22.